The first kappa shape index (κ1) is 13.0. The van der Waals surface area contributed by atoms with Crippen LogP contribution in [0.3, 0.4) is 0 Å². The average Bonchev–Trinajstić information content (AvgIpc) is 2.25. The third-order valence-electron chi connectivity index (χ3n) is 2.30. The Morgan fingerprint density at radius 1 is 1.62 bits per heavy atom. The number of rotatable bonds is 5. The smallest absolute Gasteiger partial charge is 0.321 e. The lowest BCUT2D eigenvalue weighted by molar-refractivity contribution is -0.139. The molecule has 0 aromatic heterocycles. The standard InChI is InChI=1S/C11H14BrNO3/c1-13-9(11(14)15)6-7-3-4-10(16-2)8(12)5-7/h3-5,9,13H,6H2,1-2H3,(H,14,15)/t9-/m0/s1. The fraction of sp³-hybridized carbons (Fsp3) is 0.364. The van der Waals surface area contributed by atoms with Crippen molar-refractivity contribution in [2.45, 2.75) is 12.5 Å². The summed E-state index contributed by atoms with van der Waals surface area (Å²) in [6.45, 7) is 0. The average molecular weight is 288 g/mol. The molecule has 16 heavy (non-hydrogen) atoms. The second kappa shape index (κ2) is 5.86. The Balaban J connectivity index is 2.81. The quantitative estimate of drug-likeness (QED) is 0.865. The predicted molar refractivity (Wildman–Crippen MR) is 64.9 cm³/mol. The Labute approximate surface area is 103 Å². The van der Waals surface area contributed by atoms with E-state index in [-0.39, 0.29) is 0 Å². The van der Waals surface area contributed by atoms with E-state index in [2.05, 4.69) is 21.2 Å². The molecule has 0 saturated heterocycles. The topological polar surface area (TPSA) is 58.6 Å². The molecule has 2 N–H and O–H groups in total. The summed E-state index contributed by atoms with van der Waals surface area (Å²) in [4.78, 5) is 10.8. The molecular weight excluding hydrogens is 274 g/mol. The summed E-state index contributed by atoms with van der Waals surface area (Å²) in [7, 11) is 3.23. The summed E-state index contributed by atoms with van der Waals surface area (Å²) in [6.07, 6.45) is 0.439. The van der Waals surface area contributed by atoms with Gasteiger partial charge in [-0.05, 0) is 47.1 Å². The van der Waals surface area contributed by atoms with Crippen LogP contribution in [0.15, 0.2) is 22.7 Å². The third kappa shape index (κ3) is 3.21. The number of hydrogen-bond donors (Lipinski definition) is 2. The van der Waals surface area contributed by atoms with Crippen molar-refractivity contribution in [2.75, 3.05) is 14.2 Å². The monoisotopic (exact) mass is 287 g/mol. The summed E-state index contributed by atoms with van der Waals surface area (Å²) in [5.74, 6) is -0.116. The molecule has 1 aromatic carbocycles. The second-order valence-electron chi connectivity index (χ2n) is 3.35. The van der Waals surface area contributed by atoms with Crippen molar-refractivity contribution < 1.29 is 14.6 Å². The lowest BCUT2D eigenvalue weighted by Crippen LogP contribution is -2.35. The highest BCUT2D eigenvalue weighted by Crippen LogP contribution is 2.25. The summed E-state index contributed by atoms with van der Waals surface area (Å²) in [6, 6.07) is 4.97. The molecule has 0 amide bonds. The van der Waals surface area contributed by atoms with Crippen molar-refractivity contribution in [2.24, 2.45) is 0 Å². The summed E-state index contributed by atoms with van der Waals surface area (Å²) in [5.41, 5.74) is 0.939. The number of ether oxygens (including phenoxy) is 1. The van der Waals surface area contributed by atoms with E-state index in [0.29, 0.717) is 6.42 Å². The number of carbonyl (C=O) groups is 1. The fourth-order valence-electron chi connectivity index (χ4n) is 1.39. The van der Waals surface area contributed by atoms with Crippen molar-refractivity contribution in [1.82, 2.24) is 5.32 Å². The van der Waals surface area contributed by atoms with E-state index in [1.165, 1.54) is 0 Å². The zero-order chi connectivity index (χ0) is 12.1. The van der Waals surface area contributed by atoms with Crippen LogP contribution >= 0.6 is 15.9 Å². The molecule has 88 valence electrons. The van der Waals surface area contributed by atoms with Crippen LogP contribution in [0.25, 0.3) is 0 Å². The number of carboxylic acid groups (broad SMARTS) is 1. The lowest BCUT2D eigenvalue weighted by atomic mass is 10.1. The molecule has 0 aliphatic rings. The summed E-state index contributed by atoms with van der Waals surface area (Å²) in [5, 5.41) is 11.7. The second-order valence-corrected chi connectivity index (χ2v) is 4.21. The minimum atomic E-state index is -0.852. The molecule has 0 heterocycles. The number of likely N-dealkylation sites (N-methyl/N-ethyl adjacent to an activating group) is 1. The zero-order valence-corrected chi connectivity index (χ0v) is 10.7. The van der Waals surface area contributed by atoms with E-state index in [9.17, 15) is 4.79 Å². The van der Waals surface area contributed by atoms with Gasteiger partial charge in [-0.3, -0.25) is 4.79 Å². The Morgan fingerprint density at radius 2 is 2.31 bits per heavy atom. The minimum absolute atomic E-state index is 0.439. The summed E-state index contributed by atoms with van der Waals surface area (Å²) >= 11 is 3.36. The van der Waals surface area contributed by atoms with E-state index in [1.54, 1.807) is 14.2 Å². The predicted octanol–water partition coefficient (Wildman–Crippen LogP) is 1.67. The van der Waals surface area contributed by atoms with E-state index in [0.717, 1.165) is 15.8 Å². The number of nitrogens with one attached hydrogen (secondary N) is 1. The van der Waals surface area contributed by atoms with Gasteiger partial charge in [0, 0.05) is 0 Å². The van der Waals surface area contributed by atoms with Gasteiger partial charge in [0.05, 0.1) is 11.6 Å². The molecule has 1 atom stereocenters. The van der Waals surface area contributed by atoms with Crippen LogP contribution in [-0.2, 0) is 11.2 Å². The van der Waals surface area contributed by atoms with Crippen molar-refractivity contribution in [3.05, 3.63) is 28.2 Å². The molecule has 0 aliphatic carbocycles. The van der Waals surface area contributed by atoms with E-state index in [1.807, 2.05) is 18.2 Å². The van der Waals surface area contributed by atoms with Crippen LogP contribution in [0.2, 0.25) is 0 Å². The summed E-state index contributed by atoms with van der Waals surface area (Å²) < 4.78 is 5.93. The highest BCUT2D eigenvalue weighted by Gasteiger charge is 2.15. The molecule has 0 saturated carbocycles. The maximum atomic E-state index is 10.8. The van der Waals surface area contributed by atoms with Crippen molar-refractivity contribution in [3.63, 3.8) is 0 Å². The molecule has 1 rings (SSSR count). The largest absolute Gasteiger partial charge is 0.496 e. The molecule has 0 aliphatic heterocycles. The van der Waals surface area contributed by atoms with Gasteiger partial charge in [0.15, 0.2) is 0 Å². The Kier molecular flexibility index (Phi) is 4.76. The van der Waals surface area contributed by atoms with Crippen LogP contribution in [0.5, 0.6) is 5.75 Å². The van der Waals surface area contributed by atoms with Crippen LogP contribution in [-0.4, -0.2) is 31.3 Å². The van der Waals surface area contributed by atoms with Crippen molar-refractivity contribution in [3.8, 4) is 5.75 Å². The van der Waals surface area contributed by atoms with Crippen molar-refractivity contribution in [1.29, 1.82) is 0 Å². The first-order valence-corrected chi connectivity index (χ1v) is 5.60. The van der Waals surface area contributed by atoms with Gasteiger partial charge >= 0.3 is 5.97 Å². The fourth-order valence-corrected chi connectivity index (χ4v) is 1.97. The molecular formula is C11H14BrNO3. The number of benzene rings is 1. The SMILES string of the molecule is CN[C@@H](Cc1ccc(OC)c(Br)c1)C(=O)O. The molecule has 0 spiro atoms. The maximum Gasteiger partial charge on any atom is 0.321 e. The van der Waals surface area contributed by atoms with Gasteiger partial charge in [0.1, 0.15) is 11.8 Å². The number of aliphatic carboxylic acids is 1. The molecule has 4 nitrogen and oxygen atoms in total. The van der Waals surface area contributed by atoms with Gasteiger partial charge in [0.2, 0.25) is 0 Å². The molecule has 5 heteroatoms. The van der Waals surface area contributed by atoms with E-state index < -0.39 is 12.0 Å². The van der Waals surface area contributed by atoms with Gasteiger partial charge < -0.3 is 15.2 Å². The van der Waals surface area contributed by atoms with Crippen LogP contribution in [0.1, 0.15) is 5.56 Å². The van der Waals surface area contributed by atoms with E-state index in [4.69, 9.17) is 9.84 Å². The van der Waals surface area contributed by atoms with Crippen molar-refractivity contribution >= 4 is 21.9 Å². The Hall–Kier alpha value is -1.07. The number of halogens is 1. The Bertz CT molecular complexity index is 381. The normalized spacial score (nSPS) is 12.2. The lowest BCUT2D eigenvalue weighted by Gasteiger charge is -2.12. The van der Waals surface area contributed by atoms with Gasteiger partial charge in [-0.2, -0.15) is 0 Å². The Morgan fingerprint density at radius 3 is 2.75 bits per heavy atom. The van der Waals surface area contributed by atoms with Gasteiger partial charge in [0.25, 0.3) is 0 Å². The molecule has 0 radical (unpaired) electrons. The highest BCUT2D eigenvalue weighted by atomic mass is 79.9. The number of hydrogen-bond acceptors (Lipinski definition) is 3. The van der Waals surface area contributed by atoms with E-state index >= 15 is 0 Å². The maximum absolute atomic E-state index is 10.8. The number of methoxy groups -OCH3 is 1. The zero-order valence-electron chi connectivity index (χ0n) is 9.16. The van der Waals surface area contributed by atoms with Crippen LogP contribution in [0, 0.1) is 0 Å². The third-order valence-corrected chi connectivity index (χ3v) is 2.92. The highest BCUT2D eigenvalue weighted by molar-refractivity contribution is 9.10. The molecule has 0 fully saturated rings. The minimum Gasteiger partial charge on any atom is -0.496 e. The van der Waals surface area contributed by atoms with Gasteiger partial charge in [-0.25, -0.2) is 0 Å². The van der Waals surface area contributed by atoms with Crippen LogP contribution < -0.4 is 10.1 Å². The molecule has 0 unspecified atom stereocenters. The van der Waals surface area contributed by atoms with Crippen LogP contribution in [0.4, 0.5) is 0 Å². The number of carboxylic acids is 1. The first-order chi connectivity index (χ1) is 7.58. The molecule has 1 aromatic rings. The van der Waals surface area contributed by atoms with Gasteiger partial charge in [-0.15, -0.1) is 0 Å². The molecule has 0 bridgehead atoms. The van der Waals surface area contributed by atoms with Gasteiger partial charge in [-0.1, -0.05) is 6.07 Å². The first-order valence-electron chi connectivity index (χ1n) is 4.81.